The predicted molar refractivity (Wildman–Crippen MR) is 57.1 cm³/mol. The van der Waals surface area contributed by atoms with Gasteiger partial charge in [-0.05, 0) is 25.3 Å². The predicted octanol–water partition coefficient (Wildman–Crippen LogP) is 3.61. The molecule has 0 radical (unpaired) electrons. The van der Waals surface area contributed by atoms with Crippen molar-refractivity contribution in [3.8, 4) is 6.07 Å². The highest BCUT2D eigenvalue weighted by Gasteiger charge is 1.98. The van der Waals surface area contributed by atoms with E-state index in [1.54, 1.807) is 6.08 Å². The molecule has 0 N–H and O–H groups in total. The first-order chi connectivity index (χ1) is 6.15. The Morgan fingerprint density at radius 2 is 2.15 bits per heavy atom. The van der Waals surface area contributed by atoms with Crippen LogP contribution in [0.5, 0.6) is 0 Å². The lowest BCUT2D eigenvalue weighted by Crippen LogP contribution is -1.92. The van der Waals surface area contributed by atoms with Crippen LogP contribution in [0.3, 0.4) is 0 Å². The second kappa shape index (κ2) is 6.25. The Kier molecular flexibility index (Phi) is 5.63. The second-order valence-electron chi connectivity index (χ2n) is 3.16. The molecule has 0 aliphatic heterocycles. The quantitative estimate of drug-likeness (QED) is 0.473. The van der Waals surface area contributed by atoms with Crippen LogP contribution < -0.4 is 0 Å². The zero-order valence-electron chi connectivity index (χ0n) is 8.67. The summed E-state index contributed by atoms with van der Waals surface area (Å²) in [5, 5.41) is 8.62. The van der Waals surface area contributed by atoms with Crippen molar-refractivity contribution >= 4 is 0 Å². The van der Waals surface area contributed by atoms with Crippen LogP contribution in [0.25, 0.3) is 0 Å². The topological polar surface area (TPSA) is 23.8 Å². The van der Waals surface area contributed by atoms with Gasteiger partial charge in [0.25, 0.3) is 0 Å². The summed E-state index contributed by atoms with van der Waals surface area (Å²) in [5.74, 6) is 0.584. The van der Waals surface area contributed by atoms with Crippen LogP contribution in [0.15, 0.2) is 36.0 Å². The maximum Gasteiger partial charge on any atom is 0.0991 e. The third kappa shape index (κ3) is 4.32. The minimum Gasteiger partial charge on any atom is -0.192 e. The van der Waals surface area contributed by atoms with Crippen LogP contribution in [-0.2, 0) is 0 Å². The van der Waals surface area contributed by atoms with Crippen molar-refractivity contribution in [1.82, 2.24) is 0 Å². The van der Waals surface area contributed by atoms with E-state index >= 15 is 0 Å². The molecule has 0 rings (SSSR count). The van der Waals surface area contributed by atoms with E-state index < -0.39 is 0 Å². The summed E-state index contributed by atoms with van der Waals surface area (Å²) in [5.41, 5.74) is 1.92. The molecule has 0 heterocycles. The first-order valence-corrected chi connectivity index (χ1v) is 4.56. The Morgan fingerprint density at radius 1 is 1.54 bits per heavy atom. The molecule has 13 heavy (non-hydrogen) atoms. The molecule has 0 spiro atoms. The lowest BCUT2D eigenvalue weighted by atomic mass is 9.99. The number of nitriles is 1. The highest BCUT2D eigenvalue weighted by atomic mass is 14.2. The van der Waals surface area contributed by atoms with Gasteiger partial charge in [-0.1, -0.05) is 38.2 Å². The van der Waals surface area contributed by atoms with Gasteiger partial charge in [-0.2, -0.15) is 5.26 Å². The molecule has 0 aliphatic carbocycles. The summed E-state index contributed by atoms with van der Waals surface area (Å²) < 4.78 is 0. The highest BCUT2D eigenvalue weighted by molar-refractivity contribution is 5.35. The van der Waals surface area contributed by atoms with Crippen molar-refractivity contribution in [3.63, 3.8) is 0 Å². The smallest absolute Gasteiger partial charge is 0.0991 e. The van der Waals surface area contributed by atoms with Gasteiger partial charge in [0.15, 0.2) is 0 Å². The van der Waals surface area contributed by atoms with Gasteiger partial charge in [-0.25, -0.2) is 0 Å². The number of rotatable bonds is 4. The molecule has 0 amide bonds. The van der Waals surface area contributed by atoms with Crippen LogP contribution in [0.1, 0.15) is 27.2 Å². The van der Waals surface area contributed by atoms with Gasteiger partial charge >= 0.3 is 0 Å². The summed E-state index contributed by atoms with van der Waals surface area (Å²) in [7, 11) is 0. The fourth-order valence-corrected chi connectivity index (χ4v) is 0.858. The Labute approximate surface area is 81.1 Å². The SMILES string of the molecule is C=C/C(C#N)=C\C=C(\C)C(C)CC. The average molecular weight is 175 g/mol. The second-order valence-corrected chi connectivity index (χ2v) is 3.16. The van der Waals surface area contributed by atoms with Crippen LogP contribution in [0.2, 0.25) is 0 Å². The molecular formula is C12H17N. The lowest BCUT2D eigenvalue weighted by molar-refractivity contribution is 0.655. The van der Waals surface area contributed by atoms with Crippen molar-refractivity contribution < 1.29 is 0 Å². The first kappa shape index (κ1) is 11.7. The number of hydrogen-bond acceptors (Lipinski definition) is 1. The minimum atomic E-state index is 0.584. The third-order valence-corrected chi connectivity index (χ3v) is 2.26. The molecule has 1 heteroatoms. The van der Waals surface area contributed by atoms with E-state index in [0.717, 1.165) is 6.42 Å². The van der Waals surface area contributed by atoms with E-state index in [1.165, 1.54) is 5.57 Å². The zero-order chi connectivity index (χ0) is 10.3. The van der Waals surface area contributed by atoms with Gasteiger partial charge in [-0.3, -0.25) is 0 Å². The molecule has 0 aromatic rings. The standard InChI is InChI=1S/C12H17N/c1-5-10(3)11(4)7-8-12(6-2)9-13/h6-8,10H,2,5H2,1,3-4H3/b11-7-,12-8+. The third-order valence-electron chi connectivity index (χ3n) is 2.26. The van der Waals surface area contributed by atoms with Crippen LogP contribution in [-0.4, -0.2) is 0 Å². The molecule has 1 nitrogen and oxygen atoms in total. The monoisotopic (exact) mass is 175 g/mol. The molecule has 1 unspecified atom stereocenters. The average Bonchev–Trinajstić information content (AvgIpc) is 2.17. The van der Waals surface area contributed by atoms with Crippen molar-refractivity contribution in [2.45, 2.75) is 27.2 Å². The molecule has 0 aromatic carbocycles. The number of allylic oxidation sites excluding steroid dienone is 5. The molecule has 0 fully saturated rings. The van der Waals surface area contributed by atoms with Crippen LogP contribution in [0, 0.1) is 17.2 Å². The largest absolute Gasteiger partial charge is 0.192 e. The Bertz CT molecular complexity index is 263. The van der Waals surface area contributed by atoms with Crippen molar-refractivity contribution in [2.24, 2.45) is 5.92 Å². The van der Waals surface area contributed by atoms with Crippen molar-refractivity contribution in [1.29, 1.82) is 5.26 Å². The maximum absolute atomic E-state index is 8.62. The van der Waals surface area contributed by atoms with Crippen LogP contribution in [0.4, 0.5) is 0 Å². The van der Waals surface area contributed by atoms with Gasteiger partial charge in [-0.15, -0.1) is 0 Å². The van der Waals surface area contributed by atoms with Gasteiger partial charge < -0.3 is 0 Å². The summed E-state index contributed by atoms with van der Waals surface area (Å²) in [6, 6.07) is 2.06. The fourth-order valence-electron chi connectivity index (χ4n) is 0.858. The summed E-state index contributed by atoms with van der Waals surface area (Å²) in [4.78, 5) is 0. The van der Waals surface area contributed by atoms with E-state index in [4.69, 9.17) is 5.26 Å². The van der Waals surface area contributed by atoms with E-state index in [9.17, 15) is 0 Å². The highest BCUT2D eigenvalue weighted by Crippen LogP contribution is 2.13. The molecule has 0 saturated heterocycles. The number of hydrogen-bond donors (Lipinski definition) is 0. The molecule has 1 atom stereocenters. The Morgan fingerprint density at radius 3 is 2.54 bits per heavy atom. The summed E-state index contributed by atoms with van der Waals surface area (Å²) in [6.07, 6.45) is 6.51. The molecule has 0 bridgehead atoms. The van der Waals surface area contributed by atoms with E-state index in [1.807, 2.05) is 12.2 Å². The molecule has 0 saturated carbocycles. The lowest BCUT2D eigenvalue weighted by Gasteiger charge is -2.06. The van der Waals surface area contributed by atoms with Crippen molar-refractivity contribution in [2.75, 3.05) is 0 Å². The Balaban J connectivity index is 4.50. The molecule has 0 aromatic heterocycles. The fraction of sp³-hybridized carbons (Fsp3) is 0.417. The van der Waals surface area contributed by atoms with Gasteiger partial charge in [0.2, 0.25) is 0 Å². The zero-order valence-corrected chi connectivity index (χ0v) is 8.67. The van der Waals surface area contributed by atoms with E-state index in [0.29, 0.717) is 11.5 Å². The van der Waals surface area contributed by atoms with Crippen molar-refractivity contribution in [3.05, 3.63) is 36.0 Å². The van der Waals surface area contributed by atoms with Gasteiger partial charge in [0.05, 0.1) is 11.6 Å². The Hall–Kier alpha value is -1.29. The molecule has 0 aliphatic rings. The van der Waals surface area contributed by atoms with E-state index in [-0.39, 0.29) is 0 Å². The number of nitrogens with zero attached hydrogens (tertiary/aromatic N) is 1. The van der Waals surface area contributed by atoms with E-state index in [2.05, 4.69) is 33.4 Å². The maximum atomic E-state index is 8.62. The summed E-state index contributed by atoms with van der Waals surface area (Å²) >= 11 is 0. The van der Waals surface area contributed by atoms with Gasteiger partial charge in [0, 0.05) is 0 Å². The first-order valence-electron chi connectivity index (χ1n) is 4.56. The minimum absolute atomic E-state index is 0.584. The summed E-state index contributed by atoms with van der Waals surface area (Å²) in [6.45, 7) is 9.98. The molecular weight excluding hydrogens is 158 g/mol. The van der Waals surface area contributed by atoms with Gasteiger partial charge in [0.1, 0.15) is 0 Å². The molecule has 70 valence electrons. The van der Waals surface area contributed by atoms with Crippen LogP contribution >= 0.6 is 0 Å². The normalized spacial score (nSPS) is 14.9.